The Morgan fingerprint density at radius 1 is 0.900 bits per heavy atom. The summed E-state index contributed by atoms with van der Waals surface area (Å²) in [6.07, 6.45) is 0. The quantitative estimate of drug-likeness (QED) is 0.332. The first-order chi connectivity index (χ1) is 14.2. The molecule has 0 atom stereocenters. The van der Waals surface area contributed by atoms with Crippen molar-refractivity contribution in [2.24, 2.45) is 0 Å². The van der Waals surface area contributed by atoms with Crippen LogP contribution >= 0.6 is 60.0 Å². The summed E-state index contributed by atoms with van der Waals surface area (Å²) in [5.41, 5.74) is 6.55. The predicted octanol–water partition coefficient (Wildman–Crippen LogP) is 4.07. The highest BCUT2D eigenvalue weighted by atomic mass is 79.9. The summed E-state index contributed by atoms with van der Waals surface area (Å²) in [6.45, 7) is 3.27. The summed E-state index contributed by atoms with van der Waals surface area (Å²) in [5, 5.41) is 2.35. The van der Waals surface area contributed by atoms with E-state index in [1.165, 1.54) is 0 Å². The molecule has 0 saturated heterocycles. The third-order valence-electron chi connectivity index (χ3n) is 3.61. The van der Waals surface area contributed by atoms with Crippen molar-refractivity contribution in [2.45, 2.75) is 13.8 Å². The van der Waals surface area contributed by atoms with Crippen molar-refractivity contribution in [3.8, 4) is 11.5 Å². The van der Waals surface area contributed by atoms with Crippen LogP contribution in [0.5, 0.6) is 11.5 Å². The van der Waals surface area contributed by atoms with Crippen molar-refractivity contribution in [3.63, 3.8) is 0 Å². The molecule has 2 aromatic rings. The van der Waals surface area contributed by atoms with E-state index in [-0.39, 0.29) is 18.3 Å². The highest BCUT2D eigenvalue weighted by Crippen LogP contribution is 2.32. The number of rotatable bonds is 6. The monoisotopic (exact) mass is 621 g/mol. The molecule has 2 aromatic carbocycles. The molecule has 2 amide bonds. The van der Waals surface area contributed by atoms with Crippen molar-refractivity contribution in [1.82, 2.24) is 16.2 Å². The van der Waals surface area contributed by atoms with Crippen LogP contribution in [-0.4, -0.2) is 30.1 Å². The van der Waals surface area contributed by atoms with Gasteiger partial charge in [-0.05, 0) is 83.5 Å². The number of halogens is 3. The van der Waals surface area contributed by atoms with Crippen LogP contribution in [0.1, 0.15) is 11.1 Å². The Labute approximate surface area is 204 Å². The highest BCUT2D eigenvalue weighted by Gasteiger charge is 2.11. The molecule has 0 heterocycles. The van der Waals surface area contributed by atoms with Crippen LogP contribution in [0, 0.1) is 13.8 Å². The van der Waals surface area contributed by atoms with Gasteiger partial charge < -0.3 is 9.47 Å². The van der Waals surface area contributed by atoms with Crippen molar-refractivity contribution < 1.29 is 19.1 Å². The fraction of sp³-hybridized carbons (Fsp3) is 0.211. The van der Waals surface area contributed by atoms with Crippen LogP contribution in [0.15, 0.2) is 43.7 Å². The fourth-order valence-electron chi connectivity index (χ4n) is 2.28. The minimum atomic E-state index is -0.474. The molecular weight excluding hydrogens is 606 g/mol. The topological polar surface area (TPSA) is 88.7 Å². The van der Waals surface area contributed by atoms with E-state index in [2.05, 4.69) is 64.0 Å². The normalized spacial score (nSPS) is 10.2. The standard InChI is InChI=1S/C19H18Br3N3O4S/c1-10-5-12(20)3-4-15(10)28-9-17(27)24-25-19(30)23-16(26)8-29-18-11(2)6-13(21)7-14(18)22/h3-7H,8-9H2,1-2H3,(H,24,27)(H2,23,25,26,30). The molecule has 0 aromatic heterocycles. The lowest BCUT2D eigenvalue weighted by Gasteiger charge is -2.14. The first kappa shape index (κ1) is 24.6. The molecule has 0 aliphatic heterocycles. The Bertz CT molecular complexity index is 949. The minimum absolute atomic E-state index is 0.0663. The minimum Gasteiger partial charge on any atom is -0.483 e. The molecule has 0 spiro atoms. The van der Waals surface area contributed by atoms with Crippen LogP contribution in [-0.2, 0) is 9.59 Å². The summed E-state index contributed by atoms with van der Waals surface area (Å²) in [4.78, 5) is 23.9. The molecule has 30 heavy (non-hydrogen) atoms. The molecular formula is C19H18Br3N3O4S. The maximum Gasteiger partial charge on any atom is 0.276 e. The number of carbonyl (C=O) groups excluding carboxylic acids is 2. The van der Waals surface area contributed by atoms with Gasteiger partial charge in [-0.3, -0.25) is 25.8 Å². The molecule has 0 aliphatic carbocycles. The van der Waals surface area contributed by atoms with Gasteiger partial charge in [-0.25, -0.2) is 0 Å². The van der Waals surface area contributed by atoms with Gasteiger partial charge in [0.15, 0.2) is 18.3 Å². The highest BCUT2D eigenvalue weighted by molar-refractivity contribution is 9.11. The maximum atomic E-state index is 12.0. The molecule has 0 saturated carbocycles. The number of benzene rings is 2. The SMILES string of the molecule is Cc1cc(Br)ccc1OCC(=O)NNC(=S)NC(=O)COc1c(C)cc(Br)cc1Br. The van der Waals surface area contributed by atoms with Crippen molar-refractivity contribution in [2.75, 3.05) is 13.2 Å². The van der Waals surface area contributed by atoms with E-state index >= 15 is 0 Å². The van der Waals surface area contributed by atoms with E-state index in [1.807, 2.05) is 38.1 Å². The fourth-order valence-corrected chi connectivity index (χ4v) is 4.48. The number of nitrogens with one attached hydrogen (secondary N) is 3. The molecule has 0 fully saturated rings. The van der Waals surface area contributed by atoms with Gasteiger partial charge in [-0.2, -0.15) is 0 Å². The molecule has 7 nitrogen and oxygen atoms in total. The molecule has 3 N–H and O–H groups in total. The third-order valence-corrected chi connectivity index (χ3v) is 5.35. The van der Waals surface area contributed by atoms with Crippen molar-refractivity contribution in [3.05, 3.63) is 54.9 Å². The number of ether oxygens (including phenoxy) is 2. The zero-order chi connectivity index (χ0) is 22.3. The molecule has 0 aliphatic rings. The third kappa shape index (κ3) is 7.86. The second-order valence-corrected chi connectivity index (χ2v) is 9.17. The average Bonchev–Trinajstić information content (AvgIpc) is 2.64. The van der Waals surface area contributed by atoms with Gasteiger partial charge in [0.1, 0.15) is 11.5 Å². The van der Waals surface area contributed by atoms with Crippen LogP contribution < -0.4 is 25.6 Å². The van der Waals surface area contributed by atoms with Crippen LogP contribution in [0.25, 0.3) is 0 Å². The lowest BCUT2D eigenvalue weighted by atomic mass is 10.2. The summed E-state index contributed by atoms with van der Waals surface area (Å²) in [6, 6.07) is 9.15. The van der Waals surface area contributed by atoms with Gasteiger partial charge in [-0.15, -0.1) is 0 Å². The predicted molar refractivity (Wildman–Crippen MR) is 128 cm³/mol. The van der Waals surface area contributed by atoms with E-state index in [1.54, 1.807) is 6.07 Å². The van der Waals surface area contributed by atoms with Gasteiger partial charge in [-0.1, -0.05) is 31.9 Å². The Hall–Kier alpha value is -1.69. The number of aryl methyl sites for hydroxylation is 2. The molecule has 0 unspecified atom stereocenters. The molecule has 160 valence electrons. The lowest BCUT2D eigenvalue weighted by Crippen LogP contribution is -2.50. The summed E-state index contributed by atoms with van der Waals surface area (Å²) in [5.74, 6) is 0.217. The molecule has 2 rings (SSSR count). The number of hydrogen-bond acceptors (Lipinski definition) is 5. The number of amides is 2. The smallest absolute Gasteiger partial charge is 0.276 e. The lowest BCUT2D eigenvalue weighted by molar-refractivity contribution is -0.124. The Balaban J connectivity index is 1.72. The largest absolute Gasteiger partial charge is 0.483 e. The average molecular weight is 624 g/mol. The Morgan fingerprint density at radius 3 is 2.23 bits per heavy atom. The molecule has 0 bridgehead atoms. The van der Waals surface area contributed by atoms with Crippen LogP contribution in [0.2, 0.25) is 0 Å². The zero-order valence-corrected chi connectivity index (χ0v) is 21.6. The van der Waals surface area contributed by atoms with Crippen LogP contribution in [0.3, 0.4) is 0 Å². The number of hydrogen-bond donors (Lipinski definition) is 3. The van der Waals surface area contributed by atoms with Gasteiger partial charge in [0.2, 0.25) is 0 Å². The van der Waals surface area contributed by atoms with Crippen molar-refractivity contribution in [1.29, 1.82) is 0 Å². The van der Waals surface area contributed by atoms with Gasteiger partial charge >= 0.3 is 0 Å². The number of carbonyl (C=O) groups is 2. The molecule has 0 radical (unpaired) electrons. The number of thiocarbonyl (C=S) groups is 1. The van der Waals surface area contributed by atoms with E-state index in [4.69, 9.17) is 21.7 Å². The molecule has 11 heteroatoms. The van der Waals surface area contributed by atoms with E-state index in [0.717, 1.165) is 24.5 Å². The zero-order valence-electron chi connectivity index (χ0n) is 16.0. The van der Waals surface area contributed by atoms with Gasteiger partial charge in [0.05, 0.1) is 4.47 Å². The number of hydrazine groups is 1. The first-order valence-corrected chi connectivity index (χ1v) is 11.3. The summed E-state index contributed by atoms with van der Waals surface area (Å²) < 4.78 is 13.5. The second-order valence-electron chi connectivity index (χ2n) is 6.07. The summed E-state index contributed by atoms with van der Waals surface area (Å²) in [7, 11) is 0. The summed E-state index contributed by atoms with van der Waals surface area (Å²) >= 11 is 15.1. The maximum absolute atomic E-state index is 12.0. The van der Waals surface area contributed by atoms with Gasteiger partial charge in [0.25, 0.3) is 11.8 Å². The van der Waals surface area contributed by atoms with E-state index in [0.29, 0.717) is 11.5 Å². The first-order valence-electron chi connectivity index (χ1n) is 8.51. The Kier molecular flexibility index (Phi) is 9.53. The van der Waals surface area contributed by atoms with E-state index < -0.39 is 11.8 Å². The second kappa shape index (κ2) is 11.6. The van der Waals surface area contributed by atoms with Gasteiger partial charge in [0, 0.05) is 8.95 Å². The van der Waals surface area contributed by atoms with Crippen molar-refractivity contribution >= 4 is 76.9 Å². The van der Waals surface area contributed by atoms with E-state index in [9.17, 15) is 9.59 Å². The Morgan fingerprint density at radius 2 is 1.57 bits per heavy atom. The van der Waals surface area contributed by atoms with Crippen LogP contribution in [0.4, 0.5) is 0 Å².